The summed E-state index contributed by atoms with van der Waals surface area (Å²) in [7, 11) is 0. The molecule has 1 atom stereocenters. The first kappa shape index (κ1) is 16.6. The number of nitrogens with zero attached hydrogens (tertiary/aromatic N) is 1. The van der Waals surface area contributed by atoms with Crippen molar-refractivity contribution in [3.8, 4) is 11.1 Å². The molecule has 0 fully saturated rings. The first-order valence-corrected chi connectivity index (χ1v) is 6.78. The van der Waals surface area contributed by atoms with Crippen LogP contribution in [0, 0.1) is 5.82 Å². The van der Waals surface area contributed by atoms with Crippen LogP contribution in [0.4, 0.5) is 4.39 Å². The van der Waals surface area contributed by atoms with Crippen LogP contribution in [0.25, 0.3) is 11.1 Å². The fourth-order valence-electron chi connectivity index (χ4n) is 2.05. The first-order chi connectivity index (χ1) is 10.3. The molecule has 0 aliphatic heterocycles. The largest absolute Gasteiger partial charge is 0.476 e. The lowest BCUT2D eigenvalue weighted by Gasteiger charge is -2.17. The molecule has 0 amide bonds. The third-order valence-corrected chi connectivity index (χ3v) is 3.39. The smallest absolute Gasteiger partial charge is 0.354 e. The van der Waals surface area contributed by atoms with Crippen LogP contribution < -0.4 is 0 Å². The number of hydrogen-bond donors (Lipinski definition) is 3. The zero-order chi connectivity index (χ0) is 16.4. The van der Waals surface area contributed by atoms with Gasteiger partial charge in [0.2, 0.25) is 0 Å². The van der Waals surface area contributed by atoms with Crippen LogP contribution in [-0.2, 0) is 0 Å². The van der Waals surface area contributed by atoms with E-state index in [1.165, 1.54) is 18.2 Å². The second kappa shape index (κ2) is 6.58. The maximum Gasteiger partial charge on any atom is 0.354 e. The van der Waals surface area contributed by atoms with Gasteiger partial charge in [-0.15, -0.1) is 0 Å². The van der Waals surface area contributed by atoms with Crippen LogP contribution in [0.5, 0.6) is 0 Å². The number of aliphatic hydroxyl groups is 2. The number of carboxylic acids is 1. The number of aromatic carboxylic acids is 1. The predicted molar refractivity (Wildman–Crippen MR) is 78.7 cm³/mol. The Morgan fingerprint density at radius 3 is 2.50 bits per heavy atom. The molecular weight excluding hydrogens is 336 g/mol. The minimum Gasteiger partial charge on any atom is -0.476 e. The molecule has 0 bridgehead atoms. The van der Waals surface area contributed by atoms with Gasteiger partial charge in [-0.25, -0.2) is 14.2 Å². The van der Waals surface area contributed by atoms with Gasteiger partial charge < -0.3 is 15.3 Å². The van der Waals surface area contributed by atoms with Gasteiger partial charge in [-0.2, -0.15) is 0 Å². The highest BCUT2D eigenvalue weighted by Crippen LogP contribution is 2.34. The Morgan fingerprint density at radius 2 is 1.95 bits per heavy atom. The van der Waals surface area contributed by atoms with Crippen molar-refractivity contribution in [2.75, 3.05) is 6.61 Å². The van der Waals surface area contributed by atoms with Crippen molar-refractivity contribution < 1.29 is 24.5 Å². The molecule has 0 saturated heterocycles. The summed E-state index contributed by atoms with van der Waals surface area (Å²) in [4.78, 5) is 14.9. The normalized spacial score (nSPS) is 12.2. The molecule has 1 unspecified atom stereocenters. The van der Waals surface area contributed by atoms with Gasteiger partial charge in [0.25, 0.3) is 0 Å². The maximum absolute atomic E-state index is 14.1. The highest BCUT2D eigenvalue weighted by atomic mass is 35.5. The van der Waals surface area contributed by atoms with E-state index in [0.29, 0.717) is 0 Å². The van der Waals surface area contributed by atoms with Crippen LogP contribution >= 0.6 is 23.2 Å². The number of benzene rings is 1. The highest BCUT2D eigenvalue weighted by Gasteiger charge is 2.25. The van der Waals surface area contributed by atoms with Gasteiger partial charge >= 0.3 is 5.97 Å². The molecule has 5 nitrogen and oxygen atoms in total. The molecule has 0 aliphatic rings. The van der Waals surface area contributed by atoms with Crippen molar-refractivity contribution in [2.24, 2.45) is 0 Å². The number of pyridine rings is 1. The topological polar surface area (TPSA) is 90.7 Å². The van der Waals surface area contributed by atoms with Crippen molar-refractivity contribution in [3.63, 3.8) is 0 Å². The summed E-state index contributed by atoms with van der Waals surface area (Å²) in [5.74, 6) is -2.18. The van der Waals surface area contributed by atoms with Gasteiger partial charge in [0.1, 0.15) is 17.1 Å². The van der Waals surface area contributed by atoms with E-state index < -0.39 is 30.2 Å². The maximum atomic E-state index is 14.1. The van der Waals surface area contributed by atoms with Gasteiger partial charge in [0.05, 0.1) is 6.61 Å². The molecular formula is C14H10Cl2FNO4. The molecule has 8 heteroatoms. The van der Waals surface area contributed by atoms with Gasteiger partial charge in [0, 0.05) is 16.1 Å². The lowest BCUT2D eigenvalue weighted by atomic mass is 9.95. The first-order valence-electron chi connectivity index (χ1n) is 6.03. The van der Waals surface area contributed by atoms with E-state index in [4.69, 9.17) is 28.3 Å². The van der Waals surface area contributed by atoms with Crippen LogP contribution in [0.3, 0.4) is 0 Å². The summed E-state index contributed by atoms with van der Waals surface area (Å²) in [5, 5.41) is 28.2. The zero-order valence-electron chi connectivity index (χ0n) is 10.9. The van der Waals surface area contributed by atoms with Crippen molar-refractivity contribution >= 4 is 29.2 Å². The predicted octanol–water partition coefficient (Wildman–Crippen LogP) is 2.92. The minimum absolute atomic E-state index is 0.0151. The number of carbonyl (C=O) groups is 1. The van der Waals surface area contributed by atoms with Crippen molar-refractivity contribution in [2.45, 2.75) is 6.10 Å². The molecule has 3 N–H and O–H groups in total. The number of aromatic nitrogens is 1. The van der Waals surface area contributed by atoms with Gasteiger partial charge in [-0.05, 0) is 29.8 Å². The Kier molecular flexibility index (Phi) is 4.97. The van der Waals surface area contributed by atoms with Crippen LogP contribution in [0.15, 0.2) is 24.3 Å². The Labute approximate surface area is 134 Å². The third kappa shape index (κ3) is 3.20. The van der Waals surface area contributed by atoms with Crippen molar-refractivity contribution in [3.05, 3.63) is 51.5 Å². The third-order valence-electron chi connectivity index (χ3n) is 2.96. The van der Waals surface area contributed by atoms with Crippen LogP contribution in [-0.4, -0.2) is 32.9 Å². The molecule has 116 valence electrons. The summed E-state index contributed by atoms with van der Waals surface area (Å²) in [5.41, 5.74) is -0.772. The van der Waals surface area contributed by atoms with Gasteiger partial charge in [-0.1, -0.05) is 23.2 Å². The van der Waals surface area contributed by atoms with E-state index >= 15 is 0 Å². The van der Waals surface area contributed by atoms with Crippen LogP contribution in [0.1, 0.15) is 22.2 Å². The molecule has 0 radical (unpaired) electrons. The number of hydrogen-bond acceptors (Lipinski definition) is 4. The Morgan fingerprint density at radius 1 is 1.27 bits per heavy atom. The van der Waals surface area contributed by atoms with E-state index in [1.807, 2.05) is 0 Å². The number of aliphatic hydroxyl groups excluding tert-OH is 2. The average Bonchev–Trinajstić information content (AvgIpc) is 2.45. The van der Waals surface area contributed by atoms with Crippen LogP contribution in [0.2, 0.25) is 10.2 Å². The molecule has 0 spiro atoms. The minimum atomic E-state index is -1.55. The fourth-order valence-corrected chi connectivity index (χ4v) is 2.40. The summed E-state index contributed by atoms with van der Waals surface area (Å²) in [6.45, 7) is -0.758. The number of rotatable bonds is 4. The van der Waals surface area contributed by atoms with Gasteiger partial charge in [-0.3, -0.25) is 0 Å². The average molecular weight is 346 g/mol. The summed E-state index contributed by atoms with van der Waals surface area (Å²) >= 11 is 11.5. The molecule has 1 heterocycles. The van der Waals surface area contributed by atoms with E-state index in [2.05, 4.69) is 4.98 Å². The second-order valence-corrected chi connectivity index (χ2v) is 5.21. The summed E-state index contributed by atoms with van der Waals surface area (Å²) in [6, 6.07) is 4.99. The quantitative estimate of drug-likeness (QED) is 0.741. The molecule has 1 aromatic carbocycles. The Balaban J connectivity index is 2.81. The Bertz CT molecular complexity index is 739. The Hall–Kier alpha value is -1.73. The molecule has 0 saturated carbocycles. The lowest BCUT2D eigenvalue weighted by molar-refractivity contribution is 0.0666. The van der Waals surface area contributed by atoms with E-state index in [1.54, 1.807) is 0 Å². The number of halogens is 3. The monoisotopic (exact) mass is 345 g/mol. The molecule has 1 aromatic heterocycles. The van der Waals surface area contributed by atoms with Crippen molar-refractivity contribution in [1.82, 2.24) is 4.98 Å². The summed E-state index contributed by atoms with van der Waals surface area (Å²) in [6.07, 6.45) is -1.55. The summed E-state index contributed by atoms with van der Waals surface area (Å²) < 4.78 is 14.1. The lowest BCUT2D eigenvalue weighted by Crippen LogP contribution is -2.14. The SMILES string of the molecule is O=C(O)c1nc(Cl)cc(-c2ccc(Cl)cc2F)c1C(O)CO. The molecule has 22 heavy (non-hydrogen) atoms. The zero-order valence-corrected chi connectivity index (χ0v) is 12.4. The fraction of sp³-hybridized carbons (Fsp3) is 0.143. The van der Waals surface area contributed by atoms with E-state index in [-0.39, 0.29) is 26.9 Å². The van der Waals surface area contributed by atoms with E-state index in [0.717, 1.165) is 6.07 Å². The highest BCUT2D eigenvalue weighted by molar-refractivity contribution is 6.31. The number of carboxylic acid groups (broad SMARTS) is 1. The second-order valence-electron chi connectivity index (χ2n) is 4.38. The molecule has 2 aromatic rings. The standard InChI is InChI=1S/C14H10Cl2FNO4/c15-6-1-2-7(9(17)3-6)8-4-11(16)18-13(14(21)22)12(8)10(20)5-19/h1-4,10,19-20H,5H2,(H,21,22). The molecule has 2 rings (SSSR count). The van der Waals surface area contributed by atoms with Gasteiger partial charge in [0.15, 0.2) is 5.69 Å². The van der Waals surface area contributed by atoms with Crippen molar-refractivity contribution in [1.29, 1.82) is 0 Å². The molecule has 0 aliphatic carbocycles. The van der Waals surface area contributed by atoms with E-state index in [9.17, 15) is 19.4 Å².